The number of likely N-dealkylation sites (N-methyl/N-ethyl adjacent to an activating group) is 1. The standard InChI is InChI=1S/C12H24N2O2/c1-3-5-8-16-10-6-7-12(9-10,11(13)15)14-4-2/h10,14H,3-9H2,1-2H3,(H2,13,15). The van der Waals surface area contributed by atoms with Gasteiger partial charge in [-0.05, 0) is 25.8 Å². The maximum atomic E-state index is 11.5. The average Bonchev–Trinajstić information content (AvgIpc) is 2.64. The SMILES string of the molecule is CCCCOC1CCC(NCC)(C(N)=O)C1. The van der Waals surface area contributed by atoms with Crippen LogP contribution in [0.3, 0.4) is 0 Å². The molecule has 2 atom stereocenters. The lowest BCUT2D eigenvalue weighted by atomic mass is 9.96. The molecule has 4 heteroatoms. The molecular formula is C12H24N2O2. The number of rotatable bonds is 7. The largest absolute Gasteiger partial charge is 0.378 e. The summed E-state index contributed by atoms with van der Waals surface area (Å²) in [4.78, 5) is 11.5. The van der Waals surface area contributed by atoms with Crippen molar-refractivity contribution in [3.8, 4) is 0 Å². The summed E-state index contributed by atoms with van der Waals surface area (Å²) in [6.45, 7) is 5.70. The van der Waals surface area contributed by atoms with Crippen LogP contribution in [0.4, 0.5) is 0 Å². The van der Waals surface area contributed by atoms with Crippen LogP contribution in [0.15, 0.2) is 0 Å². The summed E-state index contributed by atoms with van der Waals surface area (Å²) in [7, 11) is 0. The molecular weight excluding hydrogens is 204 g/mol. The summed E-state index contributed by atoms with van der Waals surface area (Å²) in [6, 6.07) is 0. The van der Waals surface area contributed by atoms with Gasteiger partial charge in [0.25, 0.3) is 0 Å². The minimum Gasteiger partial charge on any atom is -0.378 e. The molecule has 0 heterocycles. The van der Waals surface area contributed by atoms with Crippen molar-refractivity contribution in [2.45, 2.75) is 57.6 Å². The van der Waals surface area contributed by atoms with Gasteiger partial charge in [0.2, 0.25) is 5.91 Å². The first-order valence-corrected chi connectivity index (χ1v) is 6.31. The Hall–Kier alpha value is -0.610. The predicted octanol–water partition coefficient (Wildman–Crippen LogP) is 1.19. The van der Waals surface area contributed by atoms with Gasteiger partial charge in [-0.15, -0.1) is 0 Å². The van der Waals surface area contributed by atoms with E-state index in [1.807, 2.05) is 6.92 Å². The van der Waals surface area contributed by atoms with Crippen LogP contribution in [0.25, 0.3) is 0 Å². The first-order chi connectivity index (χ1) is 7.64. The fraction of sp³-hybridized carbons (Fsp3) is 0.917. The Kier molecular flexibility index (Phi) is 5.22. The number of nitrogens with one attached hydrogen (secondary N) is 1. The zero-order valence-corrected chi connectivity index (χ0v) is 10.4. The Labute approximate surface area is 97.9 Å². The van der Waals surface area contributed by atoms with E-state index >= 15 is 0 Å². The molecule has 3 N–H and O–H groups in total. The molecule has 1 fully saturated rings. The van der Waals surface area contributed by atoms with Gasteiger partial charge in [-0.2, -0.15) is 0 Å². The quantitative estimate of drug-likeness (QED) is 0.643. The van der Waals surface area contributed by atoms with Gasteiger partial charge in [0.1, 0.15) is 5.54 Å². The Morgan fingerprint density at radius 1 is 1.56 bits per heavy atom. The molecule has 0 saturated heterocycles. The highest BCUT2D eigenvalue weighted by Gasteiger charge is 2.43. The lowest BCUT2D eigenvalue weighted by Gasteiger charge is -2.26. The normalized spacial score (nSPS) is 29.5. The zero-order chi connectivity index (χ0) is 12.0. The van der Waals surface area contributed by atoms with Crippen molar-refractivity contribution < 1.29 is 9.53 Å². The molecule has 1 rings (SSSR count). The van der Waals surface area contributed by atoms with Crippen LogP contribution in [0.5, 0.6) is 0 Å². The number of hydrogen-bond donors (Lipinski definition) is 2. The van der Waals surface area contributed by atoms with Crippen molar-refractivity contribution in [3.05, 3.63) is 0 Å². The van der Waals surface area contributed by atoms with Gasteiger partial charge < -0.3 is 15.8 Å². The highest BCUT2D eigenvalue weighted by Crippen LogP contribution is 2.31. The summed E-state index contributed by atoms with van der Waals surface area (Å²) < 4.78 is 5.75. The molecule has 0 bridgehead atoms. The maximum absolute atomic E-state index is 11.5. The summed E-state index contributed by atoms with van der Waals surface area (Å²) >= 11 is 0. The van der Waals surface area contributed by atoms with Crippen LogP contribution in [0.1, 0.15) is 46.0 Å². The molecule has 0 spiro atoms. The molecule has 2 unspecified atom stereocenters. The summed E-state index contributed by atoms with van der Waals surface area (Å²) in [6.07, 6.45) is 4.87. The Bertz CT molecular complexity index is 233. The molecule has 1 amide bonds. The molecule has 94 valence electrons. The van der Waals surface area contributed by atoms with Crippen molar-refractivity contribution in [2.75, 3.05) is 13.2 Å². The van der Waals surface area contributed by atoms with Gasteiger partial charge in [0.15, 0.2) is 0 Å². The second kappa shape index (κ2) is 6.21. The summed E-state index contributed by atoms with van der Waals surface area (Å²) in [5.74, 6) is -0.240. The van der Waals surface area contributed by atoms with Gasteiger partial charge in [-0.1, -0.05) is 20.3 Å². The van der Waals surface area contributed by atoms with Gasteiger partial charge in [0.05, 0.1) is 6.10 Å². The van der Waals surface area contributed by atoms with Crippen molar-refractivity contribution in [2.24, 2.45) is 5.73 Å². The van der Waals surface area contributed by atoms with E-state index in [0.29, 0.717) is 0 Å². The van der Waals surface area contributed by atoms with Crippen LogP contribution in [0.2, 0.25) is 0 Å². The highest BCUT2D eigenvalue weighted by atomic mass is 16.5. The molecule has 4 nitrogen and oxygen atoms in total. The molecule has 0 radical (unpaired) electrons. The molecule has 16 heavy (non-hydrogen) atoms. The number of carbonyl (C=O) groups is 1. The van der Waals surface area contributed by atoms with Crippen molar-refractivity contribution in [3.63, 3.8) is 0 Å². The van der Waals surface area contributed by atoms with Crippen molar-refractivity contribution in [1.29, 1.82) is 0 Å². The fourth-order valence-electron chi connectivity index (χ4n) is 2.35. The maximum Gasteiger partial charge on any atom is 0.237 e. The van der Waals surface area contributed by atoms with Crippen LogP contribution in [0, 0.1) is 0 Å². The second-order valence-electron chi connectivity index (χ2n) is 4.57. The van der Waals surface area contributed by atoms with Crippen LogP contribution in [-0.4, -0.2) is 30.7 Å². The van der Waals surface area contributed by atoms with Gasteiger partial charge in [-0.3, -0.25) is 4.79 Å². The van der Waals surface area contributed by atoms with Crippen LogP contribution < -0.4 is 11.1 Å². The van der Waals surface area contributed by atoms with Crippen molar-refractivity contribution in [1.82, 2.24) is 5.32 Å². The predicted molar refractivity (Wildman–Crippen MR) is 64.1 cm³/mol. The highest BCUT2D eigenvalue weighted by molar-refractivity contribution is 5.85. The van der Waals surface area contributed by atoms with Gasteiger partial charge in [0, 0.05) is 13.0 Å². The monoisotopic (exact) mass is 228 g/mol. The van der Waals surface area contributed by atoms with Gasteiger partial charge >= 0.3 is 0 Å². The van der Waals surface area contributed by atoms with E-state index < -0.39 is 5.54 Å². The Morgan fingerprint density at radius 2 is 2.31 bits per heavy atom. The smallest absolute Gasteiger partial charge is 0.237 e. The van der Waals surface area contributed by atoms with Crippen molar-refractivity contribution >= 4 is 5.91 Å². The number of carbonyl (C=O) groups excluding carboxylic acids is 1. The number of hydrogen-bond acceptors (Lipinski definition) is 3. The van der Waals surface area contributed by atoms with Crippen LogP contribution >= 0.6 is 0 Å². The lowest BCUT2D eigenvalue weighted by molar-refractivity contribution is -0.124. The minimum absolute atomic E-state index is 0.193. The Balaban J connectivity index is 2.43. The Morgan fingerprint density at radius 3 is 2.88 bits per heavy atom. The molecule has 1 aliphatic rings. The second-order valence-corrected chi connectivity index (χ2v) is 4.57. The van der Waals surface area contributed by atoms with Crippen LogP contribution in [-0.2, 0) is 9.53 Å². The number of primary amides is 1. The molecule has 0 aromatic heterocycles. The number of ether oxygens (including phenoxy) is 1. The lowest BCUT2D eigenvalue weighted by Crippen LogP contribution is -2.53. The molecule has 0 aliphatic heterocycles. The third-order valence-electron chi connectivity index (χ3n) is 3.31. The zero-order valence-electron chi connectivity index (χ0n) is 10.4. The van der Waals surface area contributed by atoms with E-state index in [1.54, 1.807) is 0 Å². The topological polar surface area (TPSA) is 64.3 Å². The third-order valence-corrected chi connectivity index (χ3v) is 3.31. The van der Waals surface area contributed by atoms with E-state index in [1.165, 1.54) is 0 Å². The summed E-state index contributed by atoms with van der Waals surface area (Å²) in [5, 5.41) is 3.22. The molecule has 1 aliphatic carbocycles. The third kappa shape index (κ3) is 3.19. The molecule has 0 aromatic rings. The first kappa shape index (κ1) is 13.5. The van der Waals surface area contributed by atoms with E-state index in [4.69, 9.17) is 10.5 Å². The number of unbranched alkanes of at least 4 members (excludes halogenated alkanes) is 1. The van der Waals surface area contributed by atoms with E-state index in [2.05, 4.69) is 12.2 Å². The summed E-state index contributed by atoms with van der Waals surface area (Å²) in [5.41, 5.74) is 4.96. The van der Waals surface area contributed by atoms with E-state index in [0.717, 1.165) is 45.3 Å². The minimum atomic E-state index is -0.522. The first-order valence-electron chi connectivity index (χ1n) is 6.31. The van der Waals surface area contributed by atoms with Gasteiger partial charge in [-0.25, -0.2) is 0 Å². The molecule has 0 aromatic carbocycles. The fourth-order valence-corrected chi connectivity index (χ4v) is 2.35. The number of amides is 1. The van der Waals surface area contributed by atoms with E-state index in [9.17, 15) is 4.79 Å². The molecule has 1 saturated carbocycles. The number of nitrogens with two attached hydrogens (primary N) is 1. The van der Waals surface area contributed by atoms with E-state index in [-0.39, 0.29) is 12.0 Å². The average molecular weight is 228 g/mol.